The van der Waals surface area contributed by atoms with Gasteiger partial charge in [-0.1, -0.05) is 24.6 Å². The summed E-state index contributed by atoms with van der Waals surface area (Å²) >= 11 is 4.20. The average Bonchev–Trinajstić information content (AvgIpc) is 3.35. The van der Waals surface area contributed by atoms with E-state index in [2.05, 4.69) is 38.6 Å². The fourth-order valence-corrected chi connectivity index (χ4v) is 4.40. The number of nitrogens with zero attached hydrogens (tertiary/aromatic N) is 1. The zero-order valence-corrected chi connectivity index (χ0v) is 23.7. The standard InChI is InChI=1S/C26H41N9O5S/c27-10-4-3-7-17(28)22(36)35-21(14-41)24(38)34-20(12-15-13-32-18-8-2-1-6-16(15)18)23(37)33-19(25(39)40)9-5-11-31-26(29)30/h1-2,6,8,13,17,19-21,32,41H,3-5,7,9-12,14,27-28H2,(H,33,37)(H,34,38)(H,35,36)(H,39,40)(H4,29,30,31). The minimum Gasteiger partial charge on any atom is -0.480 e. The molecule has 1 aromatic carbocycles. The van der Waals surface area contributed by atoms with Crippen LogP contribution in [0.5, 0.6) is 0 Å². The number of carbonyl (C=O) groups is 4. The largest absolute Gasteiger partial charge is 0.480 e. The molecule has 0 aliphatic rings. The van der Waals surface area contributed by atoms with Crippen LogP contribution in [-0.4, -0.2) is 82.8 Å². The minimum absolute atomic E-state index is 0.0494. The summed E-state index contributed by atoms with van der Waals surface area (Å²) in [4.78, 5) is 58.0. The van der Waals surface area contributed by atoms with Crippen molar-refractivity contribution in [2.24, 2.45) is 27.9 Å². The van der Waals surface area contributed by atoms with Crippen LogP contribution < -0.4 is 38.9 Å². The third kappa shape index (κ3) is 10.9. The topological polar surface area (TPSA) is 257 Å². The van der Waals surface area contributed by atoms with Gasteiger partial charge in [0.2, 0.25) is 17.7 Å². The van der Waals surface area contributed by atoms with Gasteiger partial charge in [-0.25, -0.2) is 4.79 Å². The minimum atomic E-state index is -1.25. The second-order valence-electron chi connectivity index (χ2n) is 9.61. The summed E-state index contributed by atoms with van der Waals surface area (Å²) in [7, 11) is 0. The predicted octanol–water partition coefficient (Wildman–Crippen LogP) is -1.31. The first-order valence-electron chi connectivity index (χ1n) is 13.4. The molecule has 3 amide bonds. The van der Waals surface area contributed by atoms with Crippen molar-refractivity contribution in [1.82, 2.24) is 20.9 Å². The van der Waals surface area contributed by atoms with Gasteiger partial charge in [0.1, 0.15) is 18.1 Å². The zero-order chi connectivity index (χ0) is 30.4. The molecule has 0 aliphatic carbocycles. The molecule has 13 N–H and O–H groups in total. The highest BCUT2D eigenvalue weighted by atomic mass is 32.1. The van der Waals surface area contributed by atoms with Gasteiger partial charge in [0, 0.05) is 35.8 Å². The van der Waals surface area contributed by atoms with Crippen molar-refractivity contribution in [2.75, 3.05) is 18.8 Å². The molecule has 0 saturated carbocycles. The molecule has 41 heavy (non-hydrogen) atoms. The first-order chi connectivity index (χ1) is 19.6. The van der Waals surface area contributed by atoms with Crippen LogP contribution in [0.15, 0.2) is 35.5 Å². The van der Waals surface area contributed by atoms with Crippen LogP contribution in [0.1, 0.15) is 37.7 Å². The number of thiol groups is 1. The number of unbranched alkanes of at least 4 members (excludes halogenated alkanes) is 1. The third-order valence-corrected chi connectivity index (χ3v) is 6.78. The van der Waals surface area contributed by atoms with Gasteiger partial charge in [0.15, 0.2) is 5.96 Å². The molecule has 0 bridgehead atoms. The Morgan fingerprint density at radius 3 is 2.24 bits per heavy atom. The fraction of sp³-hybridized carbons (Fsp3) is 0.500. The van der Waals surface area contributed by atoms with E-state index in [1.165, 1.54) is 0 Å². The summed E-state index contributed by atoms with van der Waals surface area (Å²) in [6, 6.07) is 3.10. The van der Waals surface area contributed by atoms with Gasteiger partial charge < -0.3 is 49.0 Å². The molecule has 4 unspecified atom stereocenters. The molecule has 0 spiro atoms. The van der Waals surface area contributed by atoms with E-state index in [0.29, 0.717) is 32.2 Å². The first kappa shape index (κ1) is 33.4. The van der Waals surface area contributed by atoms with E-state index in [1.807, 2.05) is 24.3 Å². The van der Waals surface area contributed by atoms with Gasteiger partial charge in [-0.15, -0.1) is 0 Å². The Kier molecular flexibility index (Phi) is 13.9. The number of carbonyl (C=O) groups excluding carboxylic acids is 3. The summed E-state index contributed by atoms with van der Waals surface area (Å²) in [5.74, 6) is -3.32. The van der Waals surface area contributed by atoms with Crippen molar-refractivity contribution in [3.05, 3.63) is 36.0 Å². The summed E-state index contributed by atoms with van der Waals surface area (Å²) in [5.41, 5.74) is 23.6. The zero-order valence-electron chi connectivity index (χ0n) is 22.8. The van der Waals surface area contributed by atoms with Crippen molar-refractivity contribution in [3.63, 3.8) is 0 Å². The molecular formula is C26H41N9O5S. The molecule has 15 heteroatoms. The number of aromatic amines is 1. The number of rotatable bonds is 18. The number of aliphatic carboxylic acids is 1. The van der Waals surface area contributed by atoms with Crippen LogP contribution in [-0.2, 0) is 25.6 Å². The second-order valence-corrected chi connectivity index (χ2v) is 9.97. The molecule has 1 heterocycles. The third-order valence-electron chi connectivity index (χ3n) is 6.41. The number of hydrogen-bond acceptors (Lipinski definition) is 8. The lowest BCUT2D eigenvalue weighted by molar-refractivity contribution is -0.142. The molecule has 2 aromatic rings. The SMILES string of the molecule is NCCCCC(N)C(=O)NC(CS)C(=O)NC(Cc1c[nH]c2ccccc12)C(=O)NC(CCCN=C(N)N)C(=O)O. The normalized spacial score (nSPS) is 13.9. The van der Waals surface area contributed by atoms with Crippen LogP contribution in [0.3, 0.4) is 0 Å². The van der Waals surface area contributed by atoms with Crippen LogP contribution in [0.2, 0.25) is 0 Å². The smallest absolute Gasteiger partial charge is 0.326 e. The maximum atomic E-state index is 13.4. The summed E-state index contributed by atoms with van der Waals surface area (Å²) in [5, 5.41) is 18.3. The van der Waals surface area contributed by atoms with Gasteiger partial charge in [-0.05, 0) is 43.9 Å². The van der Waals surface area contributed by atoms with Crippen LogP contribution in [0.25, 0.3) is 10.9 Å². The highest BCUT2D eigenvalue weighted by Gasteiger charge is 2.30. The molecular weight excluding hydrogens is 550 g/mol. The number of hydrogen-bond donors (Lipinski definition) is 10. The molecule has 0 saturated heterocycles. The molecule has 4 atom stereocenters. The highest BCUT2D eigenvalue weighted by molar-refractivity contribution is 7.80. The molecule has 2 rings (SSSR count). The number of nitrogens with one attached hydrogen (secondary N) is 4. The number of nitrogens with two attached hydrogens (primary N) is 4. The van der Waals surface area contributed by atoms with E-state index in [-0.39, 0.29) is 31.1 Å². The van der Waals surface area contributed by atoms with Crippen LogP contribution in [0.4, 0.5) is 0 Å². The van der Waals surface area contributed by atoms with E-state index >= 15 is 0 Å². The number of carboxylic acid groups (broad SMARTS) is 1. The van der Waals surface area contributed by atoms with Gasteiger partial charge in [0.05, 0.1) is 6.04 Å². The quantitative estimate of drug-likeness (QED) is 0.0426. The Labute approximate surface area is 243 Å². The molecule has 226 valence electrons. The number of carboxylic acids is 1. The number of guanidine groups is 1. The Morgan fingerprint density at radius 2 is 1.59 bits per heavy atom. The summed E-state index contributed by atoms with van der Waals surface area (Å²) in [6.45, 7) is 0.671. The molecule has 1 aromatic heterocycles. The van der Waals surface area contributed by atoms with Crippen molar-refractivity contribution in [2.45, 2.75) is 62.7 Å². The number of para-hydroxylation sites is 1. The first-order valence-corrected chi connectivity index (χ1v) is 14.0. The van der Waals surface area contributed by atoms with E-state index in [9.17, 15) is 24.3 Å². The predicted molar refractivity (Wildman–Crippen MR) is 160 cm³/mol. The Balaban J connectivity index is 2.20. The maximum Gasteiger partial charge on any atom is 0.326 e. The summed E-state index contributed by atoms with van der Waals surface area (Å²) in [6.07, 6.45) is 3.90. The average molecular weight is 592 g/mol. The van der Waals surface area contributed by atoms with Crippen molar-refractivity contribution in [1.29, 1.82) is 0 Å². The Bertz CT molecular complexity index is 1200. The van der Waals surface area contributed by atoms with E-state index < -0.39 is 47.9 Å². The number of benzene rings is 1. The molecule has 0 aliphatic heterocycles. The Morgan fingerprint density at radius 1 is 0.927 bits per heavy atom. The van der Waals surface area contributed by atoms with Gasteiger partial charge in [-0.3, -0.25) is 19.4 Å². The van der Waals surface area contributed by atoms with Crippen molar-refractivity contribution >= 4 is 53.2 Å². The second kappa shape index (κ2) is 17.1. The van der Waals surface area contributed by atoms with E-state index in [4.69, 9.17) is 22.9 Å². The number of aliphatic imine (C=N–C) groups is 1. The maximum absolute atomic E-state index is 13.4. The van der Waals surface area contributed by atoms with Crippen molar-refractivity contribution in [3.8, 4) is 0 Å². The highest BCUT2D eigenvalue weighted by Crippen LogP contribution is 2.19. The van der Waals surface area contributed by atoms with Gasteiger partial charge >= 0.3 is 5.97 Å². The molecule has 0 fully saturated rings. The monoisotopic (exact) mass is 591 g/mol. The van der Waals surface area contributed by atoms with E-state index in [1.54, 1.807) is 6.20 Å². The number of H-pyrrole nitrogens is 1. The van der Waals surface area contributed by atoms with E-state index in [0.717, 1.165) is 16.5 Å². The Hall–Kier alpha value is -3.82. The van der Waals surface area contributed by atoms with Gasteiger partial charge in [0.25, 0.3) is 0 Å². The van der Waals surface area contributed by atoms with Crippen LogP contribution >= 0.6 is 12.6 Å². The number of aromatic nitrogens is 1. The summed E-state index contributed by atoms with van der Waals surface area (Å²) < 4.78 is 0. The number of amides is 3. The lowest BCUT2D eigenvalue weighted by atomic mass is 10.0. The molecule has 0 radical (unpaired) electrons. The fourth-order valence-electron chi connectivity index (χ4n) is 4.15. The molecule has 14 nitrogen and oxygen atoms in total. The van der Waals surface area contributed by atoms with Crippen LogP contribution in [0, 0.1) is 0 Å². The lowest BCUT2D eigenvalue weighted by Gasteiger charge is -2.24. The number of fused-ring (bicyclic) bond motifs is 1. The van der Waals surface area contributed by atoms with Gasteiger partial charge in [-0.2, -0.15) is 12.6 Å². The lowest BCUT2D eigenvalue weighted by Crippen LogP contribution is -2.58. The van der Waals surface area contributed by atoms with Crippen molar-refractivity contribution < 1.29 is 24.3 Å².